The number of hydrogen-bond acceptors (Lipinski definition) is 3. The van der Waals surface area contributed by atoms with Crippen LogP contribution < -0.4 is 14.8 Å². The number of amides is 1. The van der Waals surface area contributed by atoms with Gasteiger partial charge in [0.1, 0.15) is 19.0 Å². The van der Waals surface area contributed by atoms with E-state index in [1.165, 1.54) is 12.1 Å². The highest BCUT2D eigenvalue weighted by Gasteiger charge is 2.16. The van der Waals surface area contributed by atoms with Crippen molar-refractivity contribution in [1.29, 1.82) is 0 Å². The van der Waals surface area contributed by atoms with Crippen LogP contribution in [0.2, 0.25) is 5.02 Å². The summed E-state index contributed by atoms with van der Waals surface area (Å²) in [5.74, 6) is 0.624. The summed E-state index contributed by atoms with van der Waals surface area (Å²) in [5.41, 5.74) is 1.20. The Morgan fingerprint density at radius 2 is 1.96 bits per heavy atom. The van der Waals surface area contributed by atoms with Crippen molar-refractivity contribution in [2.45, 2.75) is 19.4 Å². The van der Waals surface area contributed by atoms with Gasteiger partial charge in [0.2, 0.25) is 5.91 Å². The summed E-state index contributed by atoms with van der Waals surface area (Å²) in [5, 5.41) is 3.17. The number of nitrogens with one attached hydrogen (secondary N) is 1. The fourth-order valence-electron chi connectivity index (χ4n) is 2.54. The van der Waals surface area contributed by atoms with Gasteiger partial charge in [0.25, 0.3) is 0 Å². The summed E-state index contributed by atoms with van der Waals surface area (Å²) in [7, 11) is 0. The standard InChI is InChI=1S/C18H17ClFNO3/c1-11(12-3-5-16-17(8-12)24-7-6-23-16)21-18(22)9-13-2-4-14(19)10-15(13)20/h2-5,8,10-11H,6-7,9H2,1H3,(H,21,22)/t11-/m1/s1. The molecule has 1 heterocycles. The average molecular weight is 350 g/mol. The van der Waals surface area contributed by atoms with Gasteiger partial charge >= 0.3 is 0 Å². The maximum atomic E-state index is 13.8. The third-order valence-corrected chi connectivity index (χ3v) is 4.04. The lowest BCUT2D eigenvalue weighted by Crippen LogP contribution is -2.28. The van der Waals surface area contributed by atoms with Gasteiger partial charge < -0.3 is 14.8 Å². The highest BCUT2D eigenvalue weighted by Crippen LogP contribution is 2.32. The first-order valence-corrected chi connectivity index (χ1v) is 8.03. The summed E-state index contributed by atoms with van der Waals surface area (Å²) < 4.78 is 24.8. The summed E-state index contributed by atoms with van der Waals surface area (Å²) in [6, 6.07) is 9.61. The van der Waals surface area contributed by atoms with Crippen molar-refractivity contribution in [1.82, 2.24) is 5.32 Å². The lowest BCUT2D eigenvalue weighted by atomic mass is 10.1. The van der Waals surface area contributed by atoms with E-state index < -0.39 is 5.82 Å². The molecule has 0 bridgehead atoms. The van der Waals surface area contributed by atoms with Crippen LogP contribution in [0, 0.1) is 5.82 Å². The van der Waals surface area contributed by atoms with Crippen LogP contribution in [0.25, 0.3) is 0 Å². The Bertz CT molecular complexity index is 766. The Balaban J connectivity index is 1.65. The van der Waals surface area contributed by atoms with Gasteiger partial charge in [0.15, 0.2) is 11.5 Å². The molecule has 0 saturated carbocycles. The molecule has 2 aromatic rings. The van der Waals surface area contributed by atoms with Crippen molar-refractivity contribution >= 4 is 17.5 Å². The minimum atomic E-state index is -0.482. The Morgan fingerprint density at radius 3 is 2.71 bits per heavy atom. The molecule has 1 aliphatic rings. The number of fused-ring (bicyclic) bond motifs is 1. The van der Waals surface area contributed by atoms with E-state index in [-0.39, 0.29) is 18.4 Å². The number of rotatable bonds is 4. The molecule has 6 heteroatoms. The monoisotopic (exact) mass is 349 g/mol. The van der Waals surface area contributed by atoms with Gasteiger partial charge in [-0.2, -0.15) is 0 Å². The van der Waals surface area contributed by atoms with Crippen molar-refractivity contribution in [3.63, 3.8) is 0 Å². The van der Waals surface area contributed by atoms with Gasteiger partial charge in [0, 0.05) is 5.02 Å². The number of halogens is 2. The minimum absolute atomic E-state index is 0.0438. The molecule has 3 rings (SSSR count). The van der Waals surface area contributed by atoms with E-state index in [2.05, 4.69) is 5.32 Å². The second-order valence-electron chi connectivity index (χ2n) is 5.60. The summed E-state index contributed by atoms with van der Waals surface area (Å²) in [6.07, 6.45) is -0.0438. The first-order chi connectivity index (χ1) is 11.5. The minimum Gasteiger partial charge on any atom is -0.486 e. The third kappa shape index (κ3) is 3.79. The molecule has 1 amide bonds. The van der Waals surface area contributed by atoms with E-state index in [9.17, 15) is 9.18 Å². The molecule has 4 nitrogen and oxygen atoms in total. The normalized spacial score (nSPS) is 14.1. The second kappa shape index (κ2) is 7.09. The van der Waals surface area contributed by atoms with E-state index in [0.29, 0.717) is 35.3 Å². The first-order valence-electron chi connectivity index (χ1n) is 7.66. The predicted octanol–water partition coefficient (Wildman–Crippen LogP) is 3.67. The molecular formula is C18H17ClFNO3. The van der Waals surface area contributed by atoms with Crippen molar-refractivity contribution in [2.24, 2.45) is 0 Å². The molecule has 2 aromatic carbocycles. The van der Waals surface area contributed by atoms with E-state index in [1.807, 2.05) is 25.1 Å². The highest BCUT2D eigenvalue weighted by atomic mass is 35.5. The highest BCUT2D eigenvalue weighted by molar-refractivity contribution is 6.30. The molecule has 0 radical (unpaired) electrons. The fourth-order valence-corrected chi connectivity index (χ4v) is 2.70. The van der Waals surface area contributed by atoms with Crippen LogP contribution in [0.5, 0.6) is 11.5 Å². The first kappa shape index (κ1) is 16.6. The second-order valence-corrected chi connectivity index (χ2v) is 6.04. The average Bonchev–Trinajstić information content (AvgIpc) is 2.57. The van der Waals surface area contributed by atoms with Crippen LogP contribution in [0.15, 0.2) is 36.4 Å². The number of ether oxygens (including phenoxy) is 2. The zero-order valence-electron chi connectivity index (χ0n) is 13.1. The molecular weight excluding hydrogens is 333 g/mol. The van der Waals surface area contributed by atoms with Gasteiger partial charge in [-0.1, -0.05) is 23.7 Å². The van der Waals surface area contributed by atoms with Crippen LogP contribution in [0.3, 0.4) is 0 Å². The number of carbonyl (C=O) groups is 1. The largest absolute Gasteiger partial charge is 0.486 e. The number of hydrogen-bond donors (Lipinski definition) is 1. The van der Waals surface area contributed by atoms with Crippen LogP contribution in [-0.4, -0.2) is 19.1 Å². The molecule has 0 fully saturated rings. The maximum absolute atomic E-state index is 13.8. The summed E-state index contributed by atoms with van der Waals surface area (Å²) in [6.45, 7) is 2.90. The molecule has 1 aliphatic heterocycles. The number of benzene rings is 2. The van der Waals surface area contributed by atoms with E-state index in [4.69, 9.17) is 21.1 Å². The van der Waals surface area contributed by atoms with Gasteiger partial charge in [0.05, 0.1) is 12.5 Å². The lowest BCUT2D eigenvalue weighted by Gasteiger charge is -2.21. The molecule has 0 spiro atoms. The van der Waals surface area contributed by atoms with Gasteiger partial charge in [-0.25, -0.2) is 4.39 Å². The molecule has 0 saturated heterocycles. The molecule has 0 aromatic heterocycles. The Kier molecular flexibility index (Phi) is 4.90. The van der Waals surface area contributed by atoms with Crippen LogP contribution >= 0.6 is 11.6 Å². The Hall–Kier alpha value is -2.27. The Morgan fingerprint density at radius 1 is 1.21 bits per heavy atom. The van der Waals surface area contributed by atoms with Crippen molar-refractivity contribution < 1.29 is 18.7 Å². The molecule has 126 valence electrons. The SMILES string of the molecule is C[C@@H](NC(=O)Cc1ccc(Cl)cc1F)c1ccc2c(c1)OCCO2. The lowest BCUT2D eigenvalue weighted by molar-refractivity contribution is -0.121. The van der Waals surface area contributed by atoms with Crippen molar-refractivity contribution in [3.05, 3.63) is 58.4 Å². The van der Waals surface area contributed by atoms with E-state index >= 15 is 0 Å². The molecule has 1 N–H and O–H groups in total. The molecule has 0 unspecified atom stereocenters. The van der Waals surface area contributed by atoms with Crippen LogP contribution in [0.4, 0.5) is 4.39 Å². The zero-order chi connectivity index (χ0) is 17.1. The molecule has 0 aliphatic carbocycles. The van der Waals surface area contributed by atoms with Gasteiger partial charge in [-0.15, -0.1) is 0 Å². The van der Waals surface area contributed by atoms with Gasteiger partial charge in [-0.3, -0.25) is 4.79 Å². The Labute approximate surface area is 144 Å². The smallest absolute Gasteiger partial charge is 0.225 e. The van der Waals surface area contributed by atoms with E-state index in [1.54, 1.807) is 6.07 Å². The number of carbonyl (C=O) groups excluding carboxylic acids is 1. The fraction of sp³-hybridized carbons (Fsp3) is 0.278. The van der Waals surface area contributed by atoms with Crippen molar-refractivity contribution in [2.75, 3.05) is 13.2 Å². The van der Waals surface area contributed by atoms with Gasteiger partial charge in [-0.05, 0) is 42.3 Å². The third-order valence-electron chi connectivity index (χ3n) is 3.81. The zero-order valence-corrected chi connectivity index (χ0v) is 13.9. The van der Waals surface area contributed by atoms with Crippen LogP contribution in [0.1, 0.15) is 24.1 Å². The molecule has 1 atom stereocenters. The topological polar surface area (TPSA) is 47.6 Å². The van der Waals surface area contributed by atoms with Crippen molar-refractivity contribution in [3.8, 4) is 11.5 Å². The summed E-state index contributed by atoms with van der Waals surface area (Å²) >= 11 is 5.71. The quantitative estimate of drug-likeness (QED) is 0.916. The van der Waals surface area contributed by atoms with Crippen LogP contribution in [-0.2, 0) is 11.2 Å². The maximum Gasteiger partial charge on any atom is 0.225 e. The molecule has 24 heavy (non-hydrogen) atoms. The predicted molar refractivity (Wildman–Crippen MR) is 89.1 cm³/mol. The summed E-state index contributed by atoms with van der Waals surface area (Å²) in [4.78, 5) is 12.2. The van der Waals surface area contributed by atoms with E-state index in [0.717, 1.165) is 5.56 Å².